The first-order valence-corrected chi connectivity index (χ1v) is 6.05. The number of nitrogens with one attached hydrogen (secondary N) is 1. The van der Waals surface area contributed by atoms with Crippen molar-refractivity contribution in [2.75, 3.05) is 52.4 Å². The topological polar surface area (TPSA) is 43.0 Å². The van der Waals surface area contributed by atoms with Gasteiger partial charge in [0, 0.05) is 38.3 Å². The Balaban J connectivity index is 2.41. The van der Waals surface area contributed by atoms with E-state index in [1.165, 1.54) is 0 Å². The van der Waals surface area contributed by atoms with Gasteiger partial charge in [-0.25, -0.2) is 0 Å². The van der Waals surface area contributed by atoms with Gasteiger partial charge in [-0.1, -0.05) is 0 Å². The molecule has 2 rings (SSSR count). The first-order chi connectivity index (χ1) is 8.80. The van der Waals surface area contributed by atoms with E-state index in [1.807, 2.05) is 12.1 Å². The Morgan fingerprint density at radius 1 is 0.944 bits per heavy atom. The van der Waals surface area contributed by atoms with Crippen molar-refractivity contribution >= 4 is 5.69 Å². The van der Waals surface area contributed by atoms with Crippen LogP contribution in [-0.4, -0.2) is 47.5 Å². The van der Waals surface area contributed by atoms with Gasteiger partial charge >= 0.3 is 0 Å². The molecule has 1 heterocycles. The molecular formula is C13H20N2O3. The maximum absolute atomic E-state index is 5.46. The molecule has 0 saturated carbocycles. The third-order valence-corrected chi connectivity index (χ3v) is 3.12. The summed E-state index contributed by atoms with van der Waals surface area (Å²) in [7, 11) is 4.97. The average Bonchev–Trinajstić information content (AvgIpc) is 2.46. The van der Waals surface area contributed by atoms with Crippen molar-refractivity contribution in [1.29, 1.82) is 0 Å². The molecule has 1 aliphatic rings. The normalized spacial score (nSPS) is 15.4. The molecule has 18 heavy (non-hydrogen) atoms. The Morgan fingerprint density at radius 2 is 1.50 bits per heavy atom. The van der Waals surface area contributed by atoms with Gasteiger partial charge in [-0.05, 0) is 0 Å². The second-order valence-electron chi connectivity index (χ2n) is 4.12. The Hall–Kier alpha value is -1.62. The van der Waals surface area contributed by atoms with Crippen LogP contribution in [0.4, 0.5) is 5.69 Å². The Bertz CT molecular complexity index is 378. The third-order valence-electron chi connectivity index (χ3n) is 3.12. The molecule has 0 radical (unpaired) electrons. The van der Waals surface area contributed by atoms with E-state index in [0.29, 0.717) is 0 Å². The number of hydrogen-bond acceptors (Lipinski definition) is 5. The van der Waals surface area contributed by atoms with E-state index < -0.39 is 0 Å². The first-order valence-electron chi connectivity index (χ1n) is 6.05. The van der Waals surface area contributed by atoms with Crippen LogP contribution in [-0.2, 0) is 0 Å². The fourth-order valence-electron chi connectivity index (χ4n) is 2.19. The lowest BCUT2D eigenvalue weighted by Crippen LogP contribution is -2.43. The van der Waals surface area contributed by atoms with Crippen LogP contribution in [0.25, 0.3) is 0 Å². The second-order valence-corrected chi connectivity index (χ2v) is 4.12. The molecule has 1 aromatic carbocycles. The molecule has 0 atom stereocenters. The van der Waals surface area contributed by atoms with Crippen LogP contribution in [0.1, 0.15) is 0 Å². The van der Waals surface area contributed by atoms with Crippen molar-refractivity contribution in [3.8, 4) is 17.2 Å². The second kappa shape index (κ2) is 5.82. The molecule has 5 nitrogen and oxygen atoms in total. The average molecular weight is 252 g/mol. The highest BCUT2D eigenvalue weighted by atomic mass is 16.5. The van der Waals surface area contributed by atoms with Crippen LogP contribution >= 0.6 is 0 Å². The minimum absolute atomic E-state index is 0.739. The van der Waals surface area contributed by atoms with Crippen molar-refractivity contribution in [2.45, 2.75) is 0 Å². The number of anilines is 1. The Kier molecular flexibility index (Phi) is 4.15. The molecule has 0 unspecified atom stereocenters. The largest absolute Gasteiger partial charge is 0.496 e. The van der Waals surface area contributed by atoms with Crippen molar-refractivity contribution in [2.24, 2.45) is 0 Å². The van der Waals surface area contributed by atoms with Gasteiger partial charge in [-0.2, -0.15) is 0 Å². The first kappa shape index (κ1) is 12.8. The Labute approximate surface area is 108 Å². The molecule has 1 N–H and O–H groups in total. The lowest BCUT2D eigenvalue weighted by Gasteiger charge is -2.31. The number of piperazine rings is 1. The maximum atomic E-state index is 5.46. The van der Waals surface area contributed by atoms with Gasteiger partial charge in [0.1, 0.15) is 22.9 Å². The van der Waals surface area contributed by atoms with Gasteiger partial charge in [-0.15, -0.1) is 0 Å². The molecule has 5 heteroatoms. The van der Waals surface area contributed by atoms with Crippen molar-refractivity contribution < 1.29 is 14.2 Å². The fraction of sp³-hybridized carbons (Fsp3) is 0.538. The smallest absolute Gasteiger partial charge is 0.149 e. The van der Waals surface area contributed by atoms with Crippen molar-refractivity contribution in [1.82, 2.24) is 5.32 Å². The summed E-state index contributed by atoms with van der Waals surface area (Å²) in [6.45, 7) is 3.83. The quantitative estimate of drug-likeness (QED) is 0.870. The van der Waals surface area contributed by atoms with Crippen LogP contribution in [0.5, 0.6) is 17.2 Å². The molecule has 1 aliphatic heterocycles. The minimum Gasteiger partial charge on any atom is -0.496 e. The molecule has 1 aromatic rings. The highest BCUT2D eigenvalue weighted by molar-refractivity contribution is 5.70. The predicted molar refractivity (Wildman–Crippen MR) is 71.2 cm³/mol. The molecule has 0 aromatic heterocycles. The highest BCUT2D eigenvalue weighted by Gasteiger charge is 2.20. The lowest BCUT2D eigenvalue weighted by atomic mass is 10.2. The molecule has 0 spiro atoms. The number of ether oxygens (including phenoxy) is 3. The summed E-state index contributed by atoms with van der Waals surface area (Å²) in [4.78, 5) is 2.27. The molecule has 0 amide bonds. The van der Waals surface area contributed by atoms with Gasteiger partial charge in [-0.3, -0.25) is 0 Å². The zero-order valence-corrected chi connectivity index (χ0v) is 11.2. The van der Waals surface area contributed by atoms with Crippen molar-refractivity contribution in [3.63, 3.8) is 0 Å². The van der Waals surface area contributed by atoms with Crippen LogP contribution in [0.2, 0.25) is 0 Å². The predicted octanol–water partition coefficient (Wildman–Crippen LogP) is 1.12. The van der Waals surface area contributed by atoms with Crippen LogP contribution < -0.4 is 24.4 Å². The summed E-state index contributed by atoms with van der Waals surface area (Å²) in [5.74, 6) is 2.31. The van der Waals surface area contributed by atoms with E-state index >= 15 is 0 Å². The van der Waals surface area contributed by atoms with E-state index in [0.717, 1.165) is 49.1 Å². The van der Waals surface area contributed by atoms with E-state index in [1.54, 1.807) is 21.3 Å². The monoisotopic (exact) mass is 252 g/mol. The van der Waals surface area contributed by atoms with E-state index in [-0.39, 0.29) is 0 Å². The number of hydrogen-bond donors (Lipinski definition) is 1. The summed E-state index contributed by atoms with van der Waals surface area (Å²) in [5.41, 5.74) is 1.00. The van der Waals surface area contributed by atoms with Gasteiger partial charge in [0.2, 0.25) is 0 Å². The summed E-state index contributed by atoms with van der Waals surface area (Å²) in [6.07, 6.45) is 0. The van der Waals surface area contributed by atoms with Gasteiger partial charge in [0.05, 0.1) is 21.3 Å². The SMILES string of the molecule is COc1cc(OC)c(N2CCNCC2)c(OC)c1. The molecular weight excluding hydrogens is 232 g/mol. The van der Waals surface area contributed by atoms with Crippen LogP contribution in [0.3, 0.4) is 0 Å². The summed E-state index contributed by atoms with van der Waals surface area (Å²) < 4.78 is 16.2. The van der Waals surface area contributed by atoms with Crippen LogP contribution in [0.15, 0.2) is 12.1 Å². The summed E-state index contributed by atoms with van der Waals surface area (Å²) in [5, 5.41) is 3.33. The molecule has 1 saturated heterocycles. The van der Waals surface area contributed by atoms with Gasteiger partial charge in [0.25, 0.3) is 0 Å². The number of benzene rings is 1. The molecule has 0 bridgehead atoms. The molecule has 0 aliphatic carbocycles. The number of methoxy groups -OCH3 is 3. The van der Waals surface area contributed by atoms with E-state index in [2.05, 4.69) is 10.2 Å². The van der Waals surface area contributed by atoms with Crippen molar-refractivity contribution in [3.05, 3.63) is 12.1 Å². The number of rotatable bonds is 4. The summed E-state index contributed by atoms with van der Waals surface area (Å²) >= 11 is 0. The summed E-state index contributed by atoms with van der Waals surface area (Å²) in [6, 6.07) is 3.78. The van der Waals surface area contributed by atoms with E-state index in [4.69, 9.17) is 14.2 Å². The van der Waals surface area contributed by atoms with Crippen LogP contribution in [0, 0.1) is 0 Å². The molecule has 100 valence electrons. The minimum atomic E-state index is 0.739. The fourth-order valence-corrected chi connectivity index (χ4v) is 2.19. The zero-order chi connectivity index (χ0) is 13.0. The maximum Gasteiger partial charge on any atom is 0.149 e. The lowest BCUT2D eigenvalue weighted by molar-refractivity contribution is 0.374. The van der Waals surface area contributed by atoms with Gasteiger partial charge in [0.15, 0.2) is 0 Å². The Morgan fingerprint density at radius 3 is 1.94 bits per heavy atom. The van der Waals surface area contributed by atoms with E-state index in [9.17, 15) is 0 Å². The standard InChI is InChI=1S/C13H20N2O3/c1-16-10-8-11(17-2)13(12(9-10)18-3)15-6-4-14-5-7-15/h8-9,14H,4-7H2,1-3H3. The zero-order valence-electron chi connectivity index (χ0n) is 11.2. The number of nitrogens with zero attached hydrogens (tertiary/aromatic N) is 1. The third kappa shape index (κ3) is 2.46. The highest BCUT2D eigenvalue weighted by Crippen LogP contribution is 2.41. The molecule has 1 fully saturated rings. The van der Waals surface area contributed by atoms with Gasteiger partial charge < -0.3 is 24.4 Å².